The molecule has 6 rings (SSSR count). The van der Waals surface area contributed by atoms with Gasteiger partial charge in [-0.2, -0.15) is 0 Å². The maximum absolute atomic E-state index is 13.1. The fourth-order valence-electron chi connectivity index (χ4n) is 6.30. The Balaban J connectivity index is 1.27. The molecule has 0 radical (unpaired) electrons. The number of amides is 3. The van der Waals surface area contributed by atoms with Crippen molar-refractivity contribution >= 4 is 29.3 Å². The largest absolute Gasteiger partial charge is 0.369 e. The van der Waals surface area contributed by atoms with Crippen LogP contribution in [0.2, 0.25) is 5.02 Å². The molecule has 5 saturated carbocycles. The van der Waals surface area contributed by atoms with Crippen LogP contribution >= 0.6 is 11.6 Å². The van der Waals surface area contributed by atoms with Gasteiger partial charge in [0.25, 0.3) is 5.91 Å². The molecule has 5 aliphatic carbocycles. The summed E-state index contributed by atoms with van der Waals surface area (Å²) in [6.45, 7) is 0. The van der Waals surface area contributed by atoms with Gasteiger partial charge in [-0.25, -0.2) is 0 Å². The van der Waals surface area contributed by atoms with Crippen molar-refractivity contribution in [3.8, 4) is 0 Å². The van der Waals surface area contributed by atoms with E-state index in [0.717, 1.165) is 32.1 Å². The third-order valence-electron chi connectivity index (χ3n) is 7.72. The summed E-state index contributed by atoms with van der Waals surface area (Å²) in [4.78, 5) is 37.8. The predicted molar refractivity (Wildman–Crippen MR) is 108 cm³/mol. The maximum Gasteiger partial charge on any atom is 0.252 e. The minimum Gasteiger partial charge on any atom is -0.369 e. The number of carbonyl (C=O) groups excluding carboxylic acids is 3. The average molecular weight is 416 g/mol. The second-order valence-corrected chi connectivity index (χ2v) is 10.1. The van der Waals surface area contributed by atoms with Gasteiger partial charge in [-0.1, -0.05) is 17.7 Å². The Bertz CT molecular complexity index is 881. The van der Waals surface area contributed by atoms with Crippen LogP contribution in [0.4, 0.5) is 0 Å². The number of hydrogen-bond donors (Lipinski definition) is 3. The molecule has 2 atom stereocenters. The first-order valence-electron chi connectivity index (χ1n) is 10.5. The first kappa shape index (κ1) is 18.9. The normalized spacial score (nSPS) is 35.8. The molecule has 29 heavy (non-hydrogen) atoms. The van der Waals surface area contributed by atoms with Crippen LogP contribution in [0.1, 0.15) is 55.3 Å². The van der Waals surface area contributed by atoms with Gasteiger partial charge >= 0.3 is 0 Å². The molecule has 2 unspecified atom stereocenters. The number of benzene rings is 1. The first-order chi connectivity index (χ1) is 13.8. The molecule has 154 valence electrons. The quantitative estimate of drug-likeness (QED) is 0.688. The Labute approximate surface area is 174 Å². The van der Waals surface area contributed by atoms with Gasteiger partial charge in [-0.3, -0.25) is 14.4 Å². The summed E-state index contributed by atoms with van der Waals surface area (Å²) in [5.41, 5.74) is 5.02. The first-order valence-corrected chi connectivity index (χ1v) is 10.9. The molecule has 6 nitrogen and oxygen atoms in total. The second kappa shape index (κ2) is 6.46. The smallest absolute Gasteiger partial charge is 0.252 e. The Morgan fingerprint density at radius 3 is 2.34 bits per heavy atom. The number of nitrogens with two attached hydrogens (primary N) is 1. The lowest BCUT2D eigenvalue weighted by Crippen LogP contribution is -2.64. The van der Waals surface area contributed by atoms with Gasteiger partial charge in [0.15, 0.2) is 0 Å². The summed E-state index contributed by atoms with van der Waals surface area (Å²) in [6, 6.07) is 6.80. The lowest BCUT2D eigenvalue weighted by Gasteiger charge is -2.59. The Hall–Kier alpha value is -2.08. The lowest BCUT2D eigenvalue weighted by atomic mass is 9.47. The van der Waals surface area contributed by atoms with E-state index in [1.54, 1.807) is 24.3 Å². The molecule has 0 aliphatic heterocycles. The highest BCUT2D eigenvalue weighted by Crippen LogP contribution is 2.60. The van der Waals surface area contributed by atoms with Gasteiger partial charge in [0, 0.05) is 22.0 Å². The molecule has 0 saturated heterocycles. The number of rotatable bonds is 5. The van der Waals surface area contributed by atoms with Crippen LogP contribution in [0, 0.1) is 23.2 Å². The van der Waals surface area contributed by atoms with E-state index in [2.05, 4.69) is 10.6 Å². The van der Waals surface area contributed by atoms with Crippen molar-refractivity contribution in [1.82, 2.24) is 10.6 Å². The van der Waals surface area contributed by atoms with Crippen LogP contribution in [-0.4, -0.2) is 29.3 Å². The van der Waals surface area contributed by atoms with Gasteiger partial charge in [0.2, 0.25) is 11.8 Å². The van der Waals surface area contributed by atoms with Gasteiger partial charge in [-0.15, -0.1) is 0 Å². The molecular weight excluding hydrogens is 390 g/mol. The van der Waals surface area contributed by atoms with Crippen molar-refractivity contribution in [2.75, 3.05) is 0 Å². The monoisotopic (exact) mass is 415 g/mol. The van der Waals surface area contributed by atoms with Crippen molar-refractivity contribution in [2.45, 2.75) is 56.5 Å². The summed E-state index contributed by atoms with van der Waals surface area (Å²) < 4.78 is 0. The molecule has 0 spiro atoms. The number of carbonyl (C=O) groups is 3. The van der Waals surface area contributed by atoms with Crippen LogP contribution in [-0.2, 0) is 9.59 Å². The topological polar surface area (TPSA) is 101 Å². The van der Waals surface area contributed by atoms with Crippen molar-refractivity contribution in [2.24, 2.45) is 28.9 Å². The van der Waals surface area contributed by atoms with E-state index < -0.39 is 5.54 Å². The van der Waals surface area contributed by atoms with Crippen LogP contribution in [0.15, 0.2) is 24.3 Å². The van der Waals surface area contributed by atoms with Crippen molar-refractivity contribution in [3.05, 3.63) is 34.9 Å². The van der Waals surface area contributed by atoms with Crippen molar-refractivity contribution in [1.29, 1.82) is 0 Å². The molecule has 4 bridgehead atoms. The van der Waals surface area contributed by atoms with Crippen LogP contribution < -0.4 is 16.4 Å². The predicted octanol–water partition coefficient (Wildman–Crippen LogP) is 2.40. The summed E-state index contributed by atoms with van der Waals surface area (Å²) in [6.07, 6.45) is 5.86. The maximum atomic E-state index is 13.1. The molecule has 1 aromatic rings. The Morgan fingerprint density at radius 1 is 1.07 bits per heavy atom. The third-order valence-corrected chi connectivity index (χ3v) is 7.95. The van der Waals surface area contributed by atoms with E-state index in [1.807, 2.05) is 0 Å². The fraction of sp³-hybridized carbons (Fsp3) is 0.591. The Kier molecular flexibility index (Phi) is 4.21. The highest BCUT2D eigenvalue weighted by molar-refractivity contribution is 6.31. The molecule has 7 heteroatoms. The number of primary amides is 1. The summed E-state index contributed by atoms with van der Waals surface area (Å²) in [5, 5.41) is 6.67. The minimum atomic E-state index is -0.824. The third kappa shape index (κ3) is 3.12. The SMILES string of the molecule is NC(=O)C12CC3CC(C1)C(NC(=O)C1(NC(=O)c4cccc(Cl)c4)CC1)C(C3)C2. The summed E-state index contributed by atoms with van der Waals surface area (Å²) in [5.74, 6) is 0.602. The zero-order valence-corrected chi connectivity index (χ0v) is 17.0. The molecule has 5 aliphatic rings. The average Bonchev–Trinajstić information content (AvgIpc) is 3.44. The van der Waals surface area contributed by atoms with Crippen molar-refractivity contribution in [3.63, 3.8) is 0 Å². The zero-order valence-electron chi connectivity index (χ0n) is 16.2. The number of hydrogen-bond acceptors (Lipinski definition) is 3. The second-order valence-electron chi connectivity index (χ2n) is 9.66. The fourth-order valence-corrected chi connectivity index (χ4v) is 6.49. The summed E-state index contributed by atoms with van der Waals surface area (Å²) in [7, 11) is 0. The van der Waals surface area contributed by atoms with Crippen LogP contribution in [0.25, 0.3) is 0 Å². The van der Waals surface area contributed by atoms with Crippen LogP contribution in [0.3, 0.4) is 0 Å². The molecule has 0 aromatic heterocycles. The van der Waals surface area contributed by atoms with Gasteiger partial charge in [-0.05, 0) is 80.9 Å². The lowest BCUT2D eigenvalue weighted by molar-refractivity contribution is -0.147. The van der Waals surface area contributed by atoms with Crippen LogP contribution in [0.5, 0.6) is 0 Å². The molecule has 0 heterocycles. The minimum absolute atomic E-state index is 0.0760. The van der Waals surface area contributed by atoms with E-state index in [9.17, 15) is 14.4 Å². The summed E-state index contributed by atoms with van der Waals surface area (Å²) >= 11 is 5.98. The van der Waals surface area contributed by atoms with Gasteiger partial charge in [0.1, 0.15) is 5.54 Å². The van der Waals surface area contributed by atoms with E-state index in [0.29, 0.717) is 41.2 Å². The number of nitrogens with one attached hydrogen (secondary N) is 2. The van der Waals surface area contributed by atoms with E-state index in [-0.39, 0.29) is 29.2 Å². The van der Waals surface area contributed by atoms with Crippen molar-refractivity contribution < 1.29 is 14.4 Å². The van der Waals surface area contributed by atoms with E-state index >= 15 is 0 Å². The molecule has 5 fully saturated rings. The standard InChI is InChI=1S/C22H26ClN3O3/c23-16-3-1-2-13(8-16)18(27)26-22(4-5-22)20(29)25-17-14-6-12-7-15(17)11-21(9-12,10-14)19(24)28/h1-3,8,12,14-15,17H,4-7,9-11H2,(H2,24,28)(H,25,29)(H,26,27). The highest BCUT2D eigenvalue weighted by atomic mass is 35.5. The van der Waals surface area contributed by atoms with Gasteiger partial charge < -0.3 is 16.4 Å². The number of halogens is 1. The Morgan fingerprint density at radius 2 is 1.76 bits per heavy atom. The zero-order chi connectivity index (χ0) is 20.4. The molecule has 4 N–H and O–H groups in total. The van der Waals surface area contributed by atoms with E-state index in [4.69, 9.17) is 17.3 Å². The molecular formula is C22H26ClN3O3. The van der Waals surface area contributed by atoms with Gasteiger partial charge in [0.05, 0.1) is 0 Å². The molecule has 1 aromatic carbocycles. The van der Waals surface area contributed by atoms with E-state index in [1.165, 1.54) is 0 Å². The molecule has 3 amide bonds. The highest BCUT2D eigenvalue weighted by Gasteiger charge is 2.59.